The molecule has 1 aromatic heterocycles. The second-order valence-electron chi connectivity index (χ2n) is 4.37. The fourth-order valence-electron chi connectivity index (χ4n) is 2.27. The molecule has 1 aromatic rings. The summed E-state index contributed by atoms with van der Waals surface area (Å²) in [4.78, 5) is 11.3. The van der Waals surface area contributed by atoms with Gasteiger partial charge in [-0.2, -0.15) is 0 Å². The lowest BCUT2D eigenvalue weighted by atomic mass is 10.1. The first-order valence-electron chi connectivity index (χ1n) is 6.00. The average Bonchev–Trinajstić information content (AvgIpc) is 2.27. The Morgan fingerprint density at radius 2 is 2.25 bits per heavy atom. The molecule has 1 aliphatic heterocycles. The number of rotatable bonds is 2. The van der Waals surface area contributed by atoms with Gasteiger partial charge in [0, 0.05) is 37.4 Å². The Hall–Kier alpha value is -1.16. The molecule has 0 bridgehead atoms. The second-order valence-corrected chi connectivity index (χ2v) is 4.37. The highest BCUT2D eigenvalue weighted by Crippen LogP contribution is 2.18. The number of piperazine rings is 1. The zero-order valence-electron chi connectivity index (χ0n) is 10.3. The fourth-order valence-corrected chi connectivity index (χ4v) is 2.27. The monoisotopic (exact) mass is 220 g/mol. The highest BCUT2D eigenvalue weighted by Gasteiger charge is 2.21. The van der Waals surface area contributed by atoms with Gasteiger partial charge in [-0.1, -0.05) is 6.92 Å². The SMILES string of the molecule is CCC1CNCCN1c1cc(C)nc(C)n1. The van der Waals surface area contributed by atoms with Crippen LogP contribution >= 0.6 is 0 Å². The van der Waals surface area contributed by atoms with Crippen LogP contribution in [0.2, 0.25) is 0 Å². The number of aromatic nitrogens is 2. The largest absolute Gasteiger partial charge is 0.351 e. The van der Waals surface area contributed by atoms with E-state index in [4.69, 9.17) is 0 Å². The van der Waals surface area contributed by atoms with E-state index >= 15 is 0 Å². The zero-order chi connectivity index (χ0) is 11.5. The van der Waals surface area contributed by atoms with Crippen molar-refractivity contribution in [3.05, 3.63) is 17.6 Å². The van der Waals surface area contributed by atoms with Crippen molar-refractivity contribution in [1.29, 1.82) is 0 Å². The molecule has 0 amide bonds. The molecule has 0 spiro atoms. The molecule has 16 heavy (non-hydrogen) atoms. The average molecular weight is 220 g/mol. The standard InChI is InChI=1S/C12H20N4/c1-4-11-8-13-5-6-16(11)12-7-9(2)14-10(3)15-12/h7,11,13H,4-6,8H2,1-3H3. The first-order valence-corrected chi connectivity index (χ1v) is 6.00. The molecular weight excluding hydrogens is 200 g/mol. The first-order chi connectivity index (χ1) is 7.70. The molecule has 1 atom stereocenters. The van der Waals surface area contributed by atoms with E-state index in [0.29, 0.717) is 6.04 Å². The molecule has 0 saturated carbocycles. The maximum absolute atomic E-state index is 4.54. The molecule has 4 heteroatoms. The summed E-state index contributed by atoms with van der Waals surface area (Å²) in [5.74, 6) is 1.95. The molecule has 1 unspecified atom stereocenters. The van der Waals surface area contributed by atoms with Crippen LogP contribution in [0.5, 0.6) is 0 Å². The summed E-state index contributed by atoms with van der Waals surface area (Å²) in [5, 5.41) is 3.43. The van der Waals surface area contributed by atoms with Gasteiger partial charge in [0.25, 0.3) is 0 Å². The van der Waals surface area contributed by atoms with Crippen LogP contribution in [0.4, 0.5) is 5.82 Å². The van der Waals surface area contributed by atoms with Crippen LogP contribution in [-0.4, -0.2) is 35.6 Å². The number of nitrogens with zero attached hydrogens (tertiary/aromatic N) is 3. The Kier molecular flexibility index (Phi) is 3.39. The molecule has 1 saturated heterocycles. The van der Waals surface area contributed by atoms with Gasteiger partial charge < -0.3 is 10.2 Å². The molecule has 0 aromatic carbocycles. The van der Waals surface area contributed by atoms with Crippen LogP contribution in [0.15, 0.2) is 6.07 Å². The minimum absolute atomic E-state index is 0.558. The zero-order valence-corrected chi connectivity index (χ0v) is 10.3. The Morgan fingerprint density at radius 1 is 1.44 bits per heavy atom. The van der Waals surface area contributed by atoms with Gasteiger partial charge in [-0.3, -0.25) is 0 Å². The summed E-state index contributed by atoms with van der Waals surface area (Å²) in [7, 11) is 0. The highest BCUT2D eigenvalue weighted by atomic mass is 15.3. The summed E-state index contributed by atoms with van der Waals surface area (Å²) in [6.07, 6.45) is 1.15. The van der Waals surface area contributed by atoms with Crippen LogP contribution in [0.25, 0.3) is 0 Å². The van der Waals surface area contributed by atoms with E-state index in [1.54, 1.807) is 0 Å². The summed E-state index contributed by atoms with van der Waals surface area (Å²) < 4.78 is 0. The van der Waals surface area contributed by atoms with Crippen molar-refractivity contribution in [2.45, 2.75) is 33.2 Å². The molecule has 1 fully saturated rings. The van der Waals surface area contributed by atoms with Crippen molar-refractivity contribution in [1.82, 2.24) is 15.3 Å². The van der Waals surface area contributed by atoms with Crippen LogP contribution in [0.3, 0.4) is 0 Å². The third-order valence-corrected chi connectivity index (χ3v) is 3.07. The van der Waals surface area contributed by atoms with Gasteiger partial charge in [0.05, 0.1) is 0 Å². The van der Waals surface area contributed by atoms with Gasteiger partial charge in [0.15, 0.2) is 0 Å². The Labute approximate surface area is 97.1 Å². The van der Waals surface area contributed by atoms with Gasteiger partial charge >= 0.3 is 0 Å². The van der Waals surface area contributed by atoms with E-state index < -0.39 is 0 Å². The minimum atomic E-state index is 0.558. The maximum atomic E-state index is 4.54. The fraction of sp³-hybridized carbons (Fsp3) is 0.667. The van der Waals surface area contributed by atoms with Gasteiger partial charge in [0.1, 0.15) is 11.6 Å². The predicted molar refractivity (Wildman–Crippen MR) is 65.8 cm³/mol. The lowest BCUT2D eigenvalue weighted by Gasteiger charge is -2.36. The number of anilines is 1. The maximum Gasteiger partial charge on any atom is 0.132 e. The third-order valence-electron chi connectivity index (χ3n) is 3.07. The van der Waals surface area contributed by atoms with Crippen LogP contribution in [0.1, 0.15) is 24.9 Å². The molecule has 1 N–H and O–H groups in total. The van der Waals surface area contributed by atoms with Crippen molar-refractivity contribution in [2.24, 2.45) is 0 Å². The summed E-state index contributed by atoms with van der Waals surface area (Å²) in [5.41, 5.74) is 1.05. The number of hydrogen-bond donors (Lipinski definition) is 1. The van der Waals surface area contributed by atoms with E-state index in [9.17, 15) is 0 Å². The van der Waals surface area contributed by atoms with Gasteiger partial charge in [-0.15, -0.1) is 0 Å². The van der Waals surface area contributed by atoms with Crippen LogP contribution in [0, 0.1) is 13.8 Å². The lowest BCUT2D eigenvalue weighted by molar-refractivity contribution is 0.462. The van der Waals surface area contributed by atoms with E-state index in [0.717, 1.165) is 43.4 Å². The first kappa shape index (κ1) is 11.3. The topological polar surface area (TPSA) is 41.0 Å². The number of nitrogens with one attached hydrogen (secondary N) is 1. The Balaban J connectivity index is 2.26. The summed E-state index contributed by atoms with van der Waals surface area (Å²) >= 11 is 0. The Bertz CT molecular complexity index is 344. The van der Waals surface area contributed by atoms with Crippen molar-refractivity contribution in [3.8, 4) is 0 Å². The molecule has 88 valence electrons. The second kappa shape index (κ2) is 4.78. The van der Waals surface area contributed by atoms with E-state index in [2.05, 4.69) is 33.2 Å². The van der Waals surface area contributed by atoms with E-state index in [1.165, 1.54) is 0 Å². The van der Waals surface area contributed by atoms with Crippen LogP contribution in [-0.2, 0) is 0 Å². The minimum Gasteiger partial charge on any atom is -0.351 e. The summed E-state index contributed by atoms with van der Waals surface area (Å²) in [6.45, 7) is 9.35. The third kappa shape index (κ3) is 2.32. The lowest BCUT2D eigenvalue weighted by Crippen LogP contribution is -2.51. The van der Waals surface area contributed by atoms with Crippen molar-refractivity contribution >= 4 is 5.82 Å². The van der Waals surface area contributed by atoms with E-state index in [-0.39, 0.29) is 0 Å². The van der Waals surface area contributed by atoms with Gasteiger partial charge in [0.2, 0.25) is 0 Å². The van der Waals surface area contributed by atoms with Crippen molar-refractivity contribution in [3.63, 3.8) is 0 Å². The van der Waals surface area contributed by atoms with Crippen molar-refractivity contribution < 1.29 is 0 Å². The molecule has 2 rings (SSSR count). The smallest absolute Gasteiger partial charge is 0.132 e. The highest BCUT2D eigenvalue weighted by molar-refractivity contribution is 5.41. The molecule has 1 aliphatic rings. The van der Waals surface area contributed by atoms with Gasteiger partial charge in [-0.25, -0.2) is 9.97 Å². The quantitative estimate of drug-likeness (QED) is 0.815. The van der Waals surface area contributed by atoms with E-state index in [1.807, 2.05) is 13.8 Å². The number of hydrogen-bond acceptors (Lipinski definition) is 4. The Morgan fingerprint density at radius 3 is 2.94 bits per heavy atom. The predicted octanol–water partition coefficient (Wildman–Crippen LogP) is 1.28. The molecule has 2 heterocycles. The molecule has 0 aliphatic carbocycles. The molecule has 0 radical (unpaired) electrons. The molecule has 4 nitrogen and oxygen atoms in total. The number of aryl methyl sites for hydroxylation is 2. The van der Waals surface area contributed by atoms with Crippen molar-refractivity contribution in [2.75, 3.05) is 24.5 Å². The molecular formula is C12H20N4. The normalized spacial score (nSPS) is 21.2. The van der Waals surface area contributed by atoms with Gasteiger partial charge in [-0.05, 0) is 20.3 Å². The summed E-state index contributed by atoms with van der Waals surface area (Å²) in [6, 6.07) is 2.64. The van der Waals surface area contributed by atoms with Crippen LogP contribution < -0.4 is 10.2 Å².